The number of benzene rings is 1. The van der Waals surface area contributed by atoms with Crippen LogP contribution < -0.4 is 15.8 Å². The van der Waals surface area contributed by atoms with Crippen molar-refractivity contribution < 1.29 is 14.3 Å². The van der Waals surface area contributed by atoms with Gasteiger partial charge in [0.15, 0.2) is 6.61 Å². The second-order valence-electron chi connectivity index (χ2n) is 4.03. The van der Waals surface area contributed by atoms with Gasteiger partial charge in [0.25, 0.3) is 5.91 Å². The minimum absolute atomic E-state index is 0.0561. The highest BCUT2D eigenvalue weighted by Gasteiger charge is 2.12. The molecule has 0 aromatic heterocycles. The van der Waals surface area contributed by atoms with Gasteiger partial charge in [-0.05, 0) is 50.9 Å². The molecule has 0 heterocycles. The standard InChI is InChI=1S/C12H16Br2N2O3/c1-7(5-18-2)16-11(17)6-19-12-9(13)3-8(15)4-10(12)14/h3-4,7H,5-6,15H2,1-2H3,(H,16,17). The van der Waals surface area contributed by atoms with Gasteiger partial charge < -0.3 is 20.5 Å². The van der Waals surface area contributed by atoms with E-state index in [1.165, 1.54) is 0 Å². The van der Waals surface area contributed by atoms with Gasteiger partial charge in [-0.1, -0.05) is 0 Å². The maximum atomic E-state index is 11.6. The van der Waals surface area contributed by atoms with Crippen molar-refractivity contribution in [3.63, 3.8) is 0 Å². The highest BCUT2D eigenvalue weighted by atomic mass is 79.9. The molecule has 0 spiro atoms. The Balaban J connectivity index is 2.55. The van der Waals surface area contributed by atoms with E-state index in [0.29, 0.717) is 27.0 Å². The van der Waals surface area contributed by atoms with E-state index in [1.54, 1.807) is 19.2 Å². The molecule has 0 aliphatic heterocycles. The number of rotatable bonds is 6. The van der Waals surface area contributed by atoms with Gasteiger partial charge in [0.05, 0.1) is 15.6 Å². The molecule has 5 nitrogen and oxygen atoms in total. The summed E-state index contributed by atoms with van der Waals surface area (Å²) in [7, 11) is 1.59. The monoisotopic (exact) mass is 394 g/mol. The van der Waals surface area contributed by atoms with Crippen molar-refractivity contribution in [1.82, 2.24) is 5.32 Å². The first-order valence-electron chi connectivity index (χ1n) is 5.59. The van der Waals surface area contributed by atoms with Crippen molar-refractivity contribution in [2.24, 2.45) is 0 Å². The maximum absolute atomic E-state index is 11.6. The third-order valence-corrected chi connectivity index (χ3v) is 3.37. The van der Waals surface area contributed by atoms with Crippen LogP contribution in [0.15, 0.2) is 21.1 Å². The normalized spacial score (nSPS) is 12.0. The van der Waals surface area contributed by atoms with Crippen molar-refractivity contribution in [3.05, 3.63) is 21.1 Å². The minimum Gasteiger partial charge on any atom is -0.481 e. The molecule has 1 rings (SSSR count). The van der Waals surface area contributed by atoms with Crippen LogP contribution in [0.25, 0.3) is 0 Å². The van der Waals surface area contributed by atoms with Gasteiger partial charge in [-0.3, -0.25) is 4.79 Å². The summed E-state index contributed by atoms with van der Waals surface area (Å²) in [6, 6.07) is 3.37. The highest BCUT2D eigenvalue weighted by Crippen LogP contribution is 2.35. The SMILES string of the molecule is COCC(C)NC(=O)COc1c(Br)cc(N)cc1Br. The summed E-state index contributed by atoms with van der Waals surface area (Å²) in [5.41, 5.74) is 6.28. The van der Waals surface area contributed by atoms with Crippen molar-refractivity contribution in [3.8, 4) is 5.75 Å². The number of carbonyl (C=O) groups is 1. The Kier molecular flexibility index (Phi) is 6.60. The van der Waals surface area contributed by atoms with E-state index in [2.05, 4.69) is 37.2 Å². The van der Waals surface area contributed by atoms with Crippen molar-refractivity contribution in [2.75, 3.05) is 26.1 Å². The lowest BCUT2D eigenvalue weighted by atomic mass is 10.3. The Morgan fingerprint density at radius 3 is 2.53 bits per heavy atom. The van der Waals surface area contributed by atoms with Crippen molar-refractivity contribution >= 4 is 43.5 Å². The molecular formula is C12H16Br2N2O3. The van der Waals surface area contributed by atoms with Gasteiger partial charge in [0.1, 0.15) is 5.75 Å². The van der Waals surface area contributed by atoms with E-state index >= 15 is 0 Å². The first-order chi connectivity index (χ1) is 8.93. The Morgan fingerprint density at radius 2 is 2.00 bits per heavy atom. The number of ether oxygens (including phenoxy) is 2. The molecular weight excluding hydrogens is 380 g/mol. The summed E-state index contributed by atoms with van der Waals surface area (Å²) in [5, 5.41) is 2.76. The fourth-order valence-electron chi connectivity index (χ4n) is 1.46. The molecule has 0 saturated heterocycles. The summed E-state index contributed by atoms with van der Waals surface area (Å²) in [5.74, 6) is 0.337. The summed E-state index contributed by atoms with van der Waals surface area (Å²) in [6.45, 7) is 2.24. The van der Waals surface area contributed by atoms with E-state index in [-0.39, 0.29) is 18.6 Å². The zero-order chi connectivity index (χ0) is 14.4. The predicted molar refractivity (Wildman–Crippen MR) is 81.2 cm³/mol. The van der Waals surface area contributed by atoms with E-state index in [0.717, 1.165) is 0 Å². The lowest BCUT2D eigenvalue weighted by Crippen LogP contribution is -2.38. The molecule has 7 heteroatoms. The molecule has 1 amide bonds. The van der Waals surface area contributed by atoms with Crippen LogP contribution in [0.1, 0.15) is 6.92 Å². The average Bonchev–Trinajstić information content (AvgIpc) is 2.27. The lowest BCUT2D eigenvalue weighted by Gasteiger charge is -2.14. The van der Waals surface area contributed by atoms with Crippen molar-refractivity contribution in [1.29, 1.82) is 0 Å². The number of nitrogens with two attached hydrogens (primary N) is 1. The number of nitrogen functional groups attached to an aromatic ring is 1. The van der Waals surface area contributed by atoms with Gasteiger partial charge in [0.2, 0.25) is 0 Å². The summed E-state index contributed by atoms with van der Waals surface area (Å²) < 4.78 is 11.8. The summed E-state index contributed by atoms with van der Waals surface area (Å²) in [6.07, 6.45) is 0. The Labute approximate surface area is 129 Å². The second-order valence-corrected chi connectivity index (χ2v) is 5.73. The third kappa shape index (κ3) is 5.38. The van der Waals surface area contributed by atoms with Gasteiger partial charge in [0, 0.05) is 18.8 Å². The summed E-state index contributed by atoms with van der Waals surface area (Å²) in [4.78, 5) is 11.6. The number of nitrogens with one attached hydrogen (secondary N) is 1. The molecule has 0 fully saturated rings. The molecule has 19 heavy (non-hydrogen) atoms. The number of amides is 1. The highest BCUT2D eigenvalue weighted by molar-refractivity contribution is 9.11. The smallest absolute Gasteiger partial charge is 0.258 e. The number of carbonyl (C=O) groups excluding carboxylic acids is 1. The lowest BCUT2D eigenvalue weighted by molar-refractivity contribution is -0.124. The van der Waals surface area contributed by atoms with Crippen LogP contribution in [0.4, 0.5) is 5.69 Å². The zero-order valence-electron chi connectivity index (χ0n) is 10.7. The number of hydrogen-bond acceptors (Lipinski definition) is 4. The molecule has 1 aromatic rings. The molecule has 0 bridgehead atoms. The fraction of sp³-hybridized carbons (Fsp3) is 0.417. The fourth-order valence-corrected chi connectivity index (χ4v) is 2.91. The Bertz CT molecular complexity index is 432. The van der Waals surface area contributed by atoms with Crippen LogP contribution in [0.2, 0.25) is 0 Å². The van der Waals surface area contributed by atoms with Gasteiger partial charge in [-0.15, -0.1) is 0 Å². The number of methoxy groups -OCH3 is 1. The van der Waals surface area contributed by atoms with Crippen LogP contribution in [0.5, 0.6) is 5.75 Å². The Morgan fingerprint density at radius 1 is 1.42 bits per heavy atom. The van der Waals surface area contributed by atoms with Gasteiger partial charge in [-0.25, -0.2) is 0 Å². The molecule has 1 unspecified atom stereocenters. The van der Waals surface area contributed by atoms with E-state index in [4.69, 9.17) is 15.2 Å². The van der Waals surface area contributed by atoms with E-state index < -0.39 is 0 Å². The quantitative estimate of drug-likeness (QED) is 0.725. The molecule has 0 aliphatic rings. The van der Waals surface area contributed by atoms with Crippen molar-refractivity contribution in [2.45, 2.75) is 13.0 Å². The van der Waals surface area contributed by atoms with Crippen LogP contribution in [-0.4, -0.2) is 32.3 Å². The predicted octanol–water partition coefficient (Wildman–Crippen LogP) is 2.32. The van der Waals surface area contributed by atoms with Crippen LogP contribution in [0.3, 0.4) is 0 Å². The second kappa shape index (κ2) is 7.72. The first kappa shape index (κ1) is 16.3. The number of anilines is 1. The minimum atomic E-state index is -0.208. The maximum Gasteiger partial charge on any atom is 0.258 e. The van der Waals surface area contributed by atoms with Gasteiger partial charge in [-0.2, -0.15) is 0 Å². The van der Waals surface area contributed by atoms with Crippen LogP contribution in [-0.2, 0) is 9.53 Å². The van der Waals surface area contributed by atoms with Crippen LogP contribution >= 0.6 is 31.9 Å². The largest absolute Gasteiger partial charge is 0.481 e. The molecule has 106 valence electrons. The van der Waals surface area contributed by atoms with E-state index in [1.807, 2.05) is 6.92 Å². The first-order valence-corrected chi connectivity index (χ1v) is 7.18. The Hall–Kier alpha value is -0.790. The molecule has 0 radical (unpaired) electrons. The molecule has 1 aromatic carbocycles. The summed E-state index contributed by atoms with van der Waals surface area (Å²) >= 11 is 6.67. The molecule has 0 saturated carbocycles. The molecule has 0 aliphatic carbocycles. The van der Waals surface area contributed by atoms with E-state index in [9.17, 15) is 4.79 Å². The van der Waals surface area contributed by atoms with Gasteiger partial charge >= 0.3 is 0 Å². The molecule has 3 N–H and O–H groups in total. The molecule has 1 atom stereocenters. The number of hydrogen-bond donors (Lipinski definition) is 2. The topological polar surface area (TPSA) is 73.6 Å². The average molecular weight is 396 g/mol. The zero-order valence-corrected chi connectivity index (χ0v) is 13.9. The third-order valence-electron chi connectivity index (χ3n) is 2.19. The van der Waals surface area contributed by atoms with Crippen LogP contribution in [0, 0.1) is 0 Å². The number of halogens is 2.